The minimum atomic E-state index is -1.11. The molecular weight excluding hydrogens is 212 g/mol. The van der Waals surface area contributed by atoms with Crippen LogP contribution in [-0.4, -0.2) is 40.0 Å². The van der Waals surface area contributed by atoms with Crippen molar-refractivity contribution in [1.29, 1.82) is 0 Å². The number of aliphatic carboxylic acids is 1. The molecule has 0 radical (unpaired) electrons. The third-order valence-electron chi connectivity index (χ3n) is 2.04. The van der Waals surface area contributed by atoms with Crippen molar-refractivity contribution in [3.63, 3.8) is 0 Å². The van der Waals surface area contributed by atoms with Crippen molar-refractivity contribution in [2.75, 3.05) is 13.1 Å². The maximum Gasteiger partial charge on any atom is 0.323 e. The number of aromatic amines is 1. The molecule has 0 saturated carbocycles. The van der Waals surface area contributed by atoms with E-state index in [1.54, 1.807) is 6.92 Å². The fourth-order valence-corrected chi connectivity index (χ4v) is 1.25. The van der Waals surface area contributed by atoms with Gasteiger partial charge in [0.25, 0.3) is 11.5 Å². The van der Waals surface area contributed by atoms with E-state index in [4.69, 9.17) is 5.11 Å². The van der Waals surface area contributed by atoms with Gasteiger partial charge in [0.1, 0.15) is 12.1 Å². The standard InChI is InChI=1S/C10H12N2O4/c1-2-12(6-8(13)14)10(16)7-4-3-5-11-9(7)15/h3-5H,2,6H2,1H3,(H,11,15)(H,13,14). The van der Waals surface area contributed by atoms with Crippen LogP contribution in [0.25, 0.3) is 0 Å². The zero-order valence-corrected chi connectivity index (χ0v) is 8.77. The number of carboxylic acids is 1. The Labute approximate surface area is 91.5 Å². The van der Waals surface area contributed by atoms with E-state index in [-0.39, 0.29) is 12.1 Å². The first kappa shape index (κ1) is 12.0. The molecule has 0 aliphatic heterocycles. The summed E-state index contributed by atoms with van der Waals surface area (Å²) < 4.78 is 0. The third kappa shape index (κ3) is 2.69. The molecule has 1 heterocycles. The fraction of sp³-hybridized carbons (Fsp3) is 0.300. The van der Waals surface area contributed by atoms with Gasteiger partial charge >= 0.3 is 5.97 Å². The Morgan fingerprint density at radius 3 is 2.69 bits per heavy atom. The first-order valence-electron chi connectivity index (χ1n) is 4.75. The molecule has 0 bridgehead atoms. The Kier molecular flexibility index (Phi) is 3.82. The average Bonchev–Trinajstić information content (AvgIpc) is 2.25. The van der Waals surface area contributed by atoms with Crippen LogP contribution >= 0.6 is 0 Å². The Balaban J connectivity index is 2.96. The van der Waals surface area contributed by atoms with Gasteiger partial charge in [-0.2, -0.15) is 0 Å². The van der Waals surface area contributed by atoms with Gasteiger partial charge in [0, 0.05) is 12.7 Å². The predicted molar refractivity (Wildman–Crippen MR) is 56.3 cm³/mol. The van der Waals surface area contributed by atoms with Crippen molar-refractivity contribution in [3.05, 3.63) is 34.2 Å². The summed E-state index contributed by atoms with van der Waals surface area (Å²) >= 11 is 0. The van der Waals surface area contributed by atoms with Crippen molar-refractivity contribution in [1.82, 2.24) is 9.88 Å². The van der Waals surface area contributed by atoms with Crippen LogP contribution < -0.4 is 5.56 Å². The van der Waals surface area contributed by atoms with Crippen molar-refractivity contribution in [2.24, 2.45) is 0 Å². The van der Waals surface area contributed by atoms with Gasteiger partial charge in [-0.15, -0.1) is 0 Å². The number of nitrogens with one attached hydrogen (secondary N) is 1. The van der Waals surface area contributed by atoms with E-state index in [2.05, 4.69) is 4.98 Å². The number of nitrogens with zero attached hydrogens (tertiary/aromatic N) is 1. The largest absolute Gasteiger partial charge is 0.480 e. The van der Waals surface area contributed by atoms with E-state index in [9.17, 15) is 14.4 Å². The molecule has 2 N–H and O–H groups in total. The van der Waals surface area contributed by atoms with Crippen molar-refractivity contribution >= 4 is 11.9 Å². The summed E-state index contributed by atoms with van der Waals surface area (Å²) in [7, 11) is 0. The zero-order chi connectivity index (χ0) is 12.1. The normalized spacial score (nSPS) is 9.81. The summed E-state index contributed by atoms with van der Waals surface area (Å²) in [4.78, 5) is 37.1. The highest BCUT2D eigenvalue weighted by molar-refractivity contribution is 5.95. The molecule has 1 aromatic rings. The van der Waals surface area contributed by atoms with Gasteiger partial charge in [-0.25, -0.2) is 0 Å². The summed E-state index contributed by atoms with van der Waals surface area (Å²) in [6.45, 7) is 1.47. The summed E-state index contributed by atoms with van der Waals surface area (Å²) in [5.74, 6) is -1.69. The van der Waals surface area contributed by atoms with Crippen LogP contribution in [0.1, 0.15) is 17.3 Å². The van der Waals surface area contributed by atoms with E-state index < -0.39 is 24.0 Å². The summed E-state index contributed by atoms with van der Waals surface area (Å²) in [6, 6.07) is 2.88. The van der Waals surface area contributed by atoms with Gasteiger partial charge < -0.3 is 15.0 Å². The Morgan fingerprint density at radius 2 is 2.19 bits per heavy atom. The number of carboxylic acid groups (broad SMARTS) is 1. The lowest BCUT2D eigenvalue weighted by Gasteiger charge is -2.17. The number of H-pyrrole nitrogens is 1. The van der Waals surface area contributed by atoms with Crippen LogP contribution in [0.5, 0.6) is 0 Å². The van der Waals surface area contributed by atoms with E-state index >= 15 is 0 Å². The van der Waals surface area contributed by atoms with Gasteiger partial charge in [0.05, 0.1) is 0 Å². The number of pyridine rings is 1. The molecule has 16 heavy (non-hydrogen) atoms. The van der Waals surface area contributed by atoms with E-state index in [1.165, 1.54) is 18.3 Å². The molecule has 86 valence electrons. The molecule has 0 fully saturated rings. The number of hydrogen-bond donors (Lipinski definition) is 2. The van der Waals surface area contributed by atoms with Gasteiger partial charge in [-0.05, 0) is 19.1 Å². The second-order valence-electron chi connectivity index (χ2n) is 3.13. The highest BCUT2D eigenvalue weighted by atomic mass is 16.4. The van der Waals surface area contributed by atoms with Crippen LogP contribution in [0.3, 0.4) is 0 Å². The Bertz CT molecular complexity index is 452. The molecule has 6 nitrogen and oxygen atoms in total. The van der Waals surface area contributed by atoms with Crippen LogP contribution in [0.4, 0.5) is 0 Å². The quantitative estimate of drug-likeness (QED) is 0.748. The maximum absolute atomic E-state index is 11.8. The highest BCUT2D eigenvalue weighted by Gasteiger charge is 2.18. The Morgan fingerprint density at radius 1 is 1.50 bits per heavy atom. The van der Waals surface area contributed by atoms with Crippen LogP contribution in [0.2, 0.25) is 0 Å². The third-order valence-corrected chi connectivity index (χ3v) is 2.04. The average molecular weight is 224 g/mol. The molecular formula is C10H12N2O4. The second-order valence-corrected chi connectivity index (χ2v) is 3.13. The summed E-state index contributed by atoms with van der Waals surface area (Å²) in [5.41, 5.74) is -0.568. The van der Waals surface area contributed by atoms with Crippen molar-refractivity contribution in [2.45, 2.75) is 6.92 Å². The van der Waals surface area contributed by atoms with Crippen LogP contribution in [-0.2, 0) is 4.79 Å². The smallest absolute Gasteiger partial charge is 0.323 e. The molecule has 0 aliphatic carbocycles. The lowest BCUT2D eigenvalue weighted by Crippen LogP contribution is -2.38. The SMILES string of the molecule is CCN(CC(=O)O)C(=O)c1ccc[nH]c1=O. The monoisotopic (exact) mass is 224 g/mol. The summed E-state index contributed by atoms with van der Waals surface area (Å²) in [5, 5.41) is 8.60. The molecule has 1 aromatic heterocycles. The van der Waals surface area contributed by atoms with E-state index in [0.717, 1.165) is 4.90 Å². The number of hydrogen-bond acceptors (Lipinski definition) is 3. The molecule has 0 unspecified atom stereocenters. The Hall–Kier alpha value is -2.11. The number of likely N-dealkylation sites (N-methyl/N-ethyl adjacent to an activating group) is 1. The van der Waals surface area contributed by atoms with Crippen molar-refractivity contribution in [3.8, 4) is 0 Å². The molecule has 0 aromatic carbocycles. The van der Waals surface area contributed by atoms with Crippen molar-refractivity contribution < 1.29 is 14.7 Å². The molecule has 6 heteroatoms. The molecule has 0 spiro atoms. The lowest BCUT2D eigenvalue weighted by atomic mass is 10.2. The van der Waals surface area contributed by atoms with Gasteiger partial charge in [-0.3, -0.25) is 14.4 Å². The van der Waals surface area contributed by atoms with Gasteiger partial charge in [0.2, 0.25) is 0 Å². The maximum atomic E-state index is 11.8. The first-order chi connectivity index (χ1) is 7.56. The number of carbonyl (C=O) groups excluding carboxylic acids is 1. The highest BCUT2D eigenvalue weighted by Crippen LogP contribution is 1.98. The number of rotatable bonds is 4. The van der Waals surface area contributed by atoms with Gasteiger partial charge in [-0.1, -0.05) is 0 Å². The fourth-order valence-electron chi connectivity index (χ4n) is 1.25. The number of carbonyl (C=O) groups is 2. The predicted octanol–water partition coefficient (Wildman–Crippen LogP) is -0.0784. The minimum absolute atomic E-state index is 0.0504. The van der Waals surface area contributed by atoms with Gasteiger partial charge in [0.15, 0.2) is 0 Å². The minimum Gasteiger partial charge on any atom is -0.480 e. The molecule has 1 amide bonds. The molecule has 0 aliphatic rings. The molecule has 0 saturated heterocycles. The number of aromatic nitrogens is 1. The van der Waals surface area contributed by atoms with E-state index in [1.807, 2.05) is 0 Å². The zero-order valence-electron chi connectivity index (χ0n) is 8.77. The lowest BCUT2D eigenvalue weighted by molar-refractivity contribution is -0.137. The topological polar surface area (TPSA) is 90.5 Å². The number of amides is 1. The van der Waals surface area contributed by atoms with Crippen LogP contribution in [0, 0.1) is 0 Å². The molecule has 1 rings (SSSR count). The molecule has 0 atom stereocenters. The van der Waals surface area contributed by atoms with E-state index in [0.29, 0.717) is 0 Å². The second kappa shape index (κ2) is 5.11. The van der Waals surface area contributed by atoms with Crippen LogP contribution in [0.15, 0.2) is 23.1 Å². The first-order valence-corrected chi connectivity index (χ1v) is 4.75. The summed E-state index contributed by atoms with van der Waals surface area (Å²) in [6.07, 6.45) is 1.41.